The van der Waals surface area contributed by atoms with E-state index in [0.29, 0.717) is 16.8 Å². The van der Waals surface area contributed by atoms with Crippen LogP contribution >= 0.6 is 0 Å². The third kappa shape index (κ3) is 2.08. The lowest BCUT2D eigenvalue weighted by Crippen LogP contribution is -2.13. The summed E-state index contributed by atoms with van der Waals surface area (Å²) >= 11 is 0. The summed E-state index contributed by atoms with van der Waals surface area (Å²) in [6.45, 7) is 0. The Morgan fingerprint density at radius 3 is 2.60 bits per heavy atom. The van der Waals surface area contributed by atoms with Crippen molar-refractivity contribution >= 4 is 11.7 Å². The molecule has 4 nitrogen and oxygen atoms in total. The number of nitrogens with zero attached hydrogens (tertiary/aromatic N) is 2. The number of carbonyl (C=O) groups is 1. The first-order chi connectivity index (χ1) is 7.11. The Morgan fingerprint density at radius 2 is 2.13 bits per heavy atom. The molecule has 0 heterocycles. The van der Waals surface area contributed by atoms with Crippen LogP contribution in [0.5, 0.6) is 0 Å². The normalized spacial score (nSPS) is 9.20. The second-order valence-electron chi connectivity index (χ2n) is 3.20. The van der Waals surface area contributed by atoms with Crippen molar-refractivity contribution in [3.8, 4) is 6.07 Å². The molecule has 0 amide bonds. The molecule has 0 aliphatic carbocycles. The molecule has 0 atom stereocenters. The van der Waals surface area contributed by atoms with Crippen LogP contribution in [0.15, 0.2) is 18.2 Å². The quantitative estimate of drug-likeness (QED) is 0.683. The molecule has 0 aromatic heterocycles. The SMILES string of the molecule is COC(=O)c1cccc(N(C)C)c1C#N. The lowest BCUT2D eigenvalue weighted by Gasteiger charge is -2.15. The van der Waals surface area contributed by atoms with Crippen LogP contribution in [-0.4, -0.2) is 27.2 Å². The van der Waals surface area contributed by atoms with Crippen molar-refractivity contribution in [3.05, 3.63) is 29.3 Å². The highest BCUT2D eigenvalue weighted by Crippen LogP contribution is 2.21. The first-order valence-electron chi connectivity index (χ1n) is 4.40. The fourth-order valence-electron chi connectivity index (χ4n) is 1.31. The Hall–Kier alpha value is -2.02. The molecular formula is C11H12N2O2. The van der Waals surface area contributed by atoms with Crippen LogP contribution in [0.25, 0.3) is 0 Å². The van der Waals surface area contributed by atoms with Gasteiger partial charge >= 0.3 is 5.97 Å². The van der Waals surface area contributed by atoms with E-state index in [1.54, 1.807) is 23.1 Å². The van der Waals surface area contributed by atoms with E-state index in [0.717, 1.165) is 0 Å². The van der Waals surface area contributed by atoms with Crippen LogP contribution in [0.2, 0.25) is 0 Å². The van der Waals surface area contributed by atoms with Crippen molar-refractivity contribution in [1.82, 2.24) is 0 Å². The lowest BCUT2D eigenvalue weighted by molar-refractivity contribution is 0.0600. The minimum atomic E-state index is -0.491. The summed E-state index contributed by atoms with van der Waals surface area (Å²) in [6.07, 6.45) is 0. The van der Waals surface area contributed by atoms with Gasteiger partial charge in [0.15, 0.2) is 0 Å². The smallest absolute Gasteiger partial charge is 0.339 e. The molecule has 1 aromatic rings. The van der Waals surface area contributed by atoms with Crippen molar-refractivity contribution in [2.45, 2.75) is 0 Å². The van der Waals surface area contributed by atoms with Crippen LogP contribution in [0.1, 0.15) is 15.9 Å². The zero-order valence-corrected chi connectivity index (χ0v) is 8.94. The largest absolute Gasteiger partial charge is 0.465 e. The molecule has 0 saturated carbocycles. The fraction of sp³-hybridized carbons (Fsp3) is 0.273. The molecular weight excluding hydrogens is 192 g/mol. The van der Waals surface area contributed by atoms with Crippen LogP contribution in [-0.2, 0) is 4.74 Å². The fourth-order valence-corrected chi connectivity index (χ4v) is 1.31. The van der Waals surface area contributed by atoms with Gasteiger partial charge in [0.25, 0.3) is 0 Å². The van der Waals surface area contributed by atoms with E-state index in [1.807, 2.05) is 20.2 Å². The molecule has 1 aromatic carbocycles. The summed E-state index contributed by atoms with van der Waals surface area (Å²) in [7, 11) is 4.93. The van der Waals surface area contributed by atoms with E-state index in [9.17, 15) is 4.79 Å². The first kappa shape index (κ1) is 11.1. The standard InChI is InChI=1S/C11H12N2O2/c1-13(2)10-6-4-5-8(9(10)7-12)11(14)15-3/h4-6H,1-3H3. The molecule has 0 radical (unpaired) electrons. The average molecular weight is 204 g/mol. The van der Waals surface area contributed by atoms with Gasteiger partial charge in [0.1, 0.15) is 6.07 Å². The first-order valence-corrected chi connectivity index (χ1v) is 4.40. The van der Waals surface area contributed by atoms with Gasteiger partial charge in [-0.25, -0.2) is 4.79 Å². The molecule has 0 aliphatic rings. The maximum absolute atomic E-state index is 11.4. The van der Waals surface area contributed by atoms with E-state index in [1.165, 1.54) is 7.11 Å². The summed E-state index contributed by atoms with van der Waals surface area (Å²) < 4.78 is 4.60. The molecule has 0 unspecified atom stereocenters. The molecule has 0 aliphatic heterocycles. The van der Waals surface area contributed by atoms with E-state index in [4.69, 9.17) is 5.26 Å². The van der Waals surface area contributed by atoms with Crippen LogP contribution in [0.3, 0.4) is 0 Å². The highest BCUT2D eigenvalue weighted by Gasteiger charge is 2.15. The predicted molar refractivity (Wildman–Crippen MR) is 56.8 cm³/mol. The van der Waals surface area contributed by atoms with Gasteiger partial charge in [0.05, 0.1) is 23.9 Å². The second-order valence-corrected chi connectivity index (χ2v) is 3.20. The maximum Gasteiger partial charge on any atom is 0.339 e. The van der Waals surface area contributed by atoms with Crippen molar-refractivity contribution in [3.63, 3.8) is 0 Å². The van der Waals surface area contributed by atoms with Crippen molar-refractivity contribution in [2.75, 3.05) is 26.1 Å². The Balaban J connectivity index is 3.36. The van der Waals surface area contributed by atoms with Gasteiger partial charge in [-0.2, -0.15) is 5.26 Å². The van der Waals surface area contributed by atoms with Crippen molar-refractivity contribution < 1.29 is 9.53 Å². The number of anilines is 1. The molecule has 0 N–H and O–H groups in total. The zero-order chi connectivity index (χ0) is 11.4. The van der Waals surface area contributed by atoms with Gasteiger partial charge < -0.3 is 9.64 Å². The highest BCUT2D eigenvalue weighted by molar-refractivity contribution is 5.94. The molecule has 0 spiro atoms. The Morgan fingerprint density at radius 1 is 1.47 bits per heavy atom. The van der Waals surface area contributed by atoms with E-state index >= 15 is 0 Å². The summed E-state index contributed by atoms with van der Waals surface area (Å²) in [6, 6.07) is 7.11. The second kappa shape index (κ2) is 4.47. The van der Waals surface area contributed by atoms with Gasteiger partial charge in [-0.1, -0.05) is 6.07 Å². The van der Waals surface area contributed by atoms with Gasteiger partial charge in [0.2, 0.25) is 0 Å². The minimum Gasteiger partial charge on any atom is -0.465 e. The monoisotopic (exact) mass is 204 g/mol. The average Bonchev–Trinajstić information content (AvgIpc) is 2.26. The predicted octanol–water partition coefficient (Wildman–Crippen LogP) is 1.41. The van der Waals surface area contributed by atoms with Crippen LogP contribution in [0, 0.1) is 11.3 Å². The van der Waals surface area contributed by atoms with E-state index < -0.39 is 5.97 Å². The Bertz CT molecular complexity index is 419. The summed E-state index contributed by atoms with van der Waals surface area (Å²) in [5.74, 6) is -0.491. The number of ether oxygens (including phenoxy) is 1. The zero-order valence-electron chi connectivity index (χ0n) is 8.94. The highest BCUT2D eigenvalue weighted by atomic mass is 16.5. The number of benzene rings is 1. The number of hydrogen-bond acceptors (Lipinski definition) is 4. The number of esters is 1. The number of hydrogen-bond donors (Lipinski definition) is 0. The maximum atomic E-state index is 11.4. The summed E-state index contributed by atoms with van der Waals surface area (Å²) in [5, 5.41) is 9.01. The van der Waals surface area contributed by atoms with Gasteiger partial charge in [-0.3, -0.25) is 0 Å². The number of carbonyl (C=O) groups excluding carboxylic acids is 1. The molecule has 4 heteroatoms. The lowest BCUT2D eigenvalue weighted by atomic mass is 10.1. The molecule has 0 saturated heterocycles. The van der Waals surface area contributed by atoms with Crippen molar-refractivity contribution in [2.24, 2.45) is 0 Å². The molecule has 78 valence electrons. The minimum absolute atomic E-state index is 0.297. The molecule has 0 fully saturated rings. The summed E-state index contributed by atoms with van der Waals surface area (Å²) in [5.41, 5.74) is 1.35. The Kier molecular flexibility index (Phi) is 3.29. The van der Waals surface area contributed by atoms with Gasteiger partial charge in [-0.15, -0.1) is 0 Å². The molecule has 0 bridgehead atoms. The Labute approximate surface area is 88.7 Å². The number of rotatable bonds is 2. The third-order valence-corrected chi connectivity index (χ3v) is 2.04. The van der Waals surface area contributed by atoms with Crippen molar-refractivity contribution in [1.29, 1.82) is 5.26 Å². The van der Waals surface area contributed by atoms with Crippen LogP contribution in [0.4, 0.5) is 5.69 Å². The topological polar surface area (TPSA) is 53.3 Å². The van der Waals surface area contributed by atoms with Crippen LogP contribution < -0.4 is 4.90 Å². The van der Waals surface area contributed by atoms with Gasteiger partial charge in [-0.05, 0) is 12.1 Å². The number of nitriles is 1. The third-order valence-electron chi connectivity index (χ3n) is 2.04. The molecule has 1 rings (SSSR count). The van der Waals surface area contributed by atoms with E-state index in [2.05, 4.69) is 4.74 Å². The molecule has 15 heavy (non-hydrogen) atoms. The van der Waals surface area contributed by atoms with Gasteiger partial charge in [0, 0.05) is 14.1 Å². The summed E-state index contributed by atoms with van der Waals surface area (Å²) in [4.78, 5) is 13.2. The number of methoxy groups -OCH3 is 1. The van der Waals surface area contributed by atoms with E-state index in [-0.39, 0.29) is 0 Å².